The molecule has 0 bridgehead atoms. The van der Waals surface area contributed by atoms with E-state index in [0.29, 0.717) is 0 Å². The van der Waals surface area contributed by atoms with E-state index in [2.05, 4.69) is 35.0 Å². The first-order valence-corrected chi connectivity index (χ1v) is 9.74. The Morgan fingerprint density at radius 1 is 1.04 bits per heavy atom. The van der Waals surface area contributed by atoms with Gasteiger partial charge in [-0.15, -0.1) is 0 Å². The summed E-state index contributed by atoms with van der Waals surface area (Å²) in [7, 11) is 0. The van der Waals surface area contributed by atoms with Crippen LogP contribution in [0.15, 0.2) is 23.3 Å². The number of nitrogens with one attached hydrogen (secondary N) is 1. The van der Waals surface area contributed by atoms with Crippen LogP contribution in [0.25, 0.3) is 0 Å². The van der Waals surface area contributed by atoms with Crippen LogP contribution in [-0.4, -0.2) is 68.1 Å². The van der Waals surface area contributed by atoms with Crippen LogP contribution >= 0.6 is 0 Å². The first-order valence-electron chi connectivity index (χ1n) is 9.74. The van der Waals surface area contributed by atoms with Crippen LogP contribution in [0.1, 0.15) is 46.5 Å². The molecule has 0 aliphatic carbocycles. The van der Waals surface area contributed by atoms with Gasteiger partial charge in [0.2, 0.25) is 5.91 Å². The van der Waals surface area contributed by atoms with Crippen LogP contribution in [0.2, 0.25) is 0 Å². The fourth-order valence-corrected chi connectivity index (χ4v) is 3.00. The Balaban J connectivity index is 2.09. The van der Waals surface area contributed by atoms with Gasteiger partial charge in [0, 0.05) is 38.8 Å². The number of carbonyl (C=O) groups is 1. The van der Waals surface area contributed by atoms with Crippen LogP contribution < -0.4 is 11.1 Å². The predicted octanol–water partition coefficient (Wildman–Crippen LogP) is 2.15. The largest absolute Gasteiger partial charge is 0.353 e. The number of piperazine rings is 1. The van der Waals surface area contributed by atoms with Crippen LogP contribution in [0, 0.1) is 0 Å². The summed E-state index contributed by atoms with van der Waals surface area (Å²) < 4.78 is 0. The summed E-state index contributed by atoms with van der Waals surface area (Å²) in [5.41, 5.74) is 8.04. The fraction of sp³-hybridized carbons (Fsp3) is 0.750. The molecule has 1 rings (SSSR count). The third-order valence-corrected chi connectivity index (χ3v) is 4.56. The number of nitrogens with zero attached hydrogens (tertiary/aromatic N) is 2. The molecule has 3 N–H and O–H groups in total. The Morgan fingerprint density at radius 3 is 2.20 bits per heavy atom. The highest BCUT2D eigenvalue weighted by molar-refractivity contribution is 5.88. The quantitative estimate of drug-likeness (QED) is 0.340. The van der Waals surface area contributed by atoms with Gasteiger partial charge in [-0.3, -0.25) is 4.79 Å². The lowest BCUT2D eigenvalue weighted by Gasteiger charge is -2.34. The fourth-order valence-electron chi connectivity index (χ4n) is 3.00. The van der Waals surface area contributed by atoms with E-state index >= 15 is 0 Å². The molecule has 1 saturated heterocycles. The summed E-state index contributed by atoms with van der Waals surface area (Å²) in [6, 6.07) is 0. The third kappa shape index (κ3) is 11.1. The minimum Gasteiger partial charge on any atom is -0.353 e. The molecule has 5 nitrogen and oxygen atoms in total. The molecule has 0 saturated carbocycles. The molecule has 144 valence electrons. The molecule has 1 fully saturated rings. The zero-order valence-electron chi connectivity index (χ0n) is 16.5. The maximum absolute atomic E-state index is 11.9. The predicted molar refractivity (Wildman–Crippen MR) is 107 cm³/mol. The number of hydrogen-bond acceptors (Lipinski definition) is 4. The van der Waals surface area contributed by atoms with E-state index in [0.717, 1.165) is 83.6 Å². The van der Waals surface area contributed by atoms with E-state index in [1.807, 2.05) is 6.92 Å². The van der Waals surface area contributed by atoms with Crippen LogP contribution in [-0.2, 0) is 4.79 Å². The van der Waals surface area contributed by atoms with Crippen molar-refractivity contribution in [1.29, 1.82) is 0 Å². The standard InChI is InChI=1S/C20H38N4O/c1-18(2)7-4-8-19(3)17-20(25)22-10-6-12-24-15-13-23(14-16-24)11-5-9-21/h7,17H,4-6,8-16,21H2,1-3H3,(H,22,25)/b19-17+. The molecule has 0 atom stereocenters. The van der Waals surface area contributed by atoms with Crippen molar-refractivity contribution >= 4 is 5.91 Å². The van der Waals surface area contributed by atoms with Gasteiger partial charge in [-0.05, 0) is 66.1 Å². The van der Waals surface area contributed by atoms with Gasteiger partial charge in [-0.2, -0.15) is 0 Å². The molecule has 1 amide bonds. The van der Waals surface area contributed by atoms with Crippen LogP contribution in [0.3, 0.4) is 0 Å². The Morgan fingerprint density at radius 2 is 1.64 bits per heavy atom. The number of allylic oxidation sites excluding steroid dienone is 3. The molecular formula is C20H38N4O. The molecule has 0 unspecified atom stereocenters. The van der Waals surface area contributed by atoms with Crippen molar-refractivity contribution in [2.75, 3.05) is 52.4 Å². The number of rotatable bonds is 11. The van der Waals surface area contributed by atoms with Crippen molar-refractivity contribution in [3.8, 4) is 0 Å². The molecule has 0 radical (unpaired) electrons. The van der Waals surface area contributed by atoms with Crippen molar-refractivity contribution in [1.82, 2.24) is 15.1 Å². The summed E-state index contributed by atoms with van der Waals surface area (Å²) in [4.78, 5) is 16.9. The maximum atomic E-state index is 11.9. The van der Waals surface area contributed by atoms with E-state index in [1.165, 1.54) is 5.57 Å². The second kappa shape index (κ2) is 13.1. The molecule has 0 aromatic rings. The van der Waals surface area contributed by atoms with Crippen molar-refractivity contribution in [2.45, 2.75) is 46.5 Å². The highest BCUT2D eigenvalue weighted by Crippen LogP contribution is 2.06. The number of amides is 1. The zero-order chi connectivity index (χ0) is 18.5. The average molecular weight is 351 g/mol. The Kier molecular flexibility index (Phi) is 11.5. The second-order valence-corrected chi connectivity index (χ2v) is 7.28. The van der Waals surface area contributed by atoms with Gasteiger partial charge in [-0.1, -0.05) is 17.2 Å². The van der Waals surface area contributed by atoms with E-state index < -0.39 is 0 Å². The van der Waals surface area contributed by atoms with Crippen molar-refractivity contribution in [2.24, 2.45) is 5.73 Å². The van der Waals surface area contributed by atoms with Gasteiger partial charge >= 0.3 is 0 Å². The van der Waals surface area contributed by atoms with Crippen LogP contribution in [0.5, 0.6) is 0 Å². The van der Waals surface area contributed by atoms with E-state index in [4.69, 9.17) is 5.73 Å². The first kappa shape index (κ1) is 21.9. The third-order valence-electron chi connectivity index (χ3n) is 4.56. The zero-order valence-corrected chi connectivity index (χ0v) is 16.5. The van der Waals surface area contributed by atoms with Crippen molar-refractivity contribution < 1.29 is 4.79 Å². The molecule has 25 heavy (non-hydrogen) atoms. The van der Waals surface area contributed by atoms with Gasteiger partial charge in [0.05, 0.1) is 0 Å². The molecule has 1 heterocycles. The SMILES string of the molecule is CC(C)=CCC/C(C)=C/C(=O)NCCCN1CCN(CCCN)CC1. The smallest absolute Gasteiger partial charge is 0.243 e. The Labute approximate surface area is 154 Å². The number of nitrogens with two attached hydrogens (primary N) is 1. The first-order chi connectivity index (χ1) is 12.0. The van der Waals surface area contributed by atoms with Gasteiger partial charge in [0.15, 0.2) is 0 Å². The second-order valence-electron chi connectivity index (χ2n) is 7.28. The lowest BCUT2D eigenvalue weighted by Crippen LogP contribution is -2.47. The summed E-state index contributed by atoms with van der Waals surface area (Å²) in [5, 5.41) is 3.01. The molecular weight excluding hydrogens is 312 g/mol. The maximum Gasteiger partial charge on any atom is 0.243 e. The lowest BCUT2D eigenvalue weighted by atomic mass is 10.1. The summed E-state index contributed by atoms with van der Waals surface area (Å²) in [6.07, 6.45) is 8.02. The lowest BCUT2D eigenvalue weighted by molar-refractivity contribution is -0.116. The van der Waals surface area contributed by atoms with Crippen molar-refractivity contribution in [3.63, 3.8) is 0 Å². The van der Waals surface area contributed by atoms with Crippen LogP contribution in [0.4, 0.5) is 0 Å². The normalized spacial score (nSPS) is 16.7. The number of hydrogen-bond donors (Lipinski definition) is 2. The van der Waals surface area contributed by atoms with Gasteiger partial charge in [0.1, 0.15) is 0 Å². The molecule has 1 aliphatic heterocycles. The molecule has 0 spiro atoms. The highest BCUT2D eigenvalue weighted by atomic mass is 16.1. The van der Waals surface area contributed by atoms with Gasteiger partial charge in [0.25, 0.3) is 0 Å². The van der Waals surface area contributed by atoms with E-state index in [1.54, 1.807) is 6.08 Å². The summed E-state index contributed by atoms with van der Waals surface area (Å²) in [5.74, 6) is 0.0429. The van der Waals surface area contributed by atoms with E-state index in [9.17, 15) is 4.79 Å². The number of carbonyl (C=O) groups excluding carboxylic acids is 1. The monoisotopic (exact) mass is 350 g/mol. The molecule has 0 aromatic carbocycles. The summed E-state index contributed by atoms with van der Waals surface area (Å²) >= 11 is 0. The molecule has 0 aromatic heterocycles. The van der Waals surface area contributed by atoms with E-state index in [-0.39, 0.29) is 5.91 Å². The molecule has 5 heteroatoms. The van der Waals surface area contributed by atoms with Gasteiger partial charge < -0.3 is 20.9 Å². The Bertz CT molecular complexity index is 433. The van der Waals surface area contributed by atoms with Crippen molar-refractivity contribution in [3.05, 3.63) is 23.3 Å². The molecule has 1 aliphatic rings. The Hall–Kier alpha value is -1.17. The minimum absolute atomic E-state index is 0.0429. The summed E-state index contributed by atoms with van der Waals surface area (Å²) in [6.45, 7) is 14.5. The average Bonchev–Trinajstić information content (AvgIpc) is 2.57. The topological polar surface area (TPSA) is 61.6 Å². The van der Waals surface area contributed by atoms with Gasteiger partial charge in [-0.25, -0.2) is 0 Å². The minimum atomic E-state index is 0.0429. The highest BCUT2D eigenvalue weighted by Gasteiger charge is 2.15.